The number of nitrogens with one attached hydrogen (secondary N) is 1. The molecular weight excluding hydrogens is 218 g/mol. The molecule has 0 heterocycles. The van der Waals surface area contributed by atoms with Gasteiger partial charge in [0.1, 0.15) is 0 Å². The predicted molar refractivity (Wildman–Crippen MR) is 66.0 cm³/mol. The Morgan fingerprint density at radius 2 is 1.71 bits per heavy atom. The minimum Gasteiger partial charge on any atom is -0.394 e. The lowest BCUT2D eigenvalue weighted by molar-refractivity contribution is 0.0722. The number of aliphatic hydroxyl groups is 2. The van der Waals surface area contributed by atoms with E-state index in [0.717, 1.165) is 11.1 Å². The van der Waals surface area contributed by atoms with Crippen molar-refractivity contribution in [2.45, 2.75) is 26.3 Å². The van der Waals surface area contributed by atoms with Gasteiger partial charge in [0.05, 0.1) is 18.8 Å². The third-order valence-electron chi connectivity index (χ3n) is 2.82. The third kappa shape index (κ3) is 3.05. The largest absolute Gasteiger partial charge is 0.394 e. The van der Waals surface area contributed by atoms with Crippen molar-refractivity contribution in [1.82, 2.24) is 5.32 Å². The summed E-state index contributed by atoms with van der Waals surface area (Å²) in [6.45, 7) is 4.70. The Hall–Kier alpha value is -1.39. The summed E-state index contributed by atoms with van der Waals surface area (Å²) in [6, 6.07) is 5.60. The fourth-order valence-corrected chi connectivity index (χ4v) is 1.64. The van der Waals surface area contributed by atoms with Crippen LogP contribution in [0, 0.1) is 13.8 Å². The van der Waals surface area contributed by atoms with Crippen molar-refractivity contribution >= 4 is 5.91 Å². The zero-order valence-corrected chi connectivity index (χ0v) is 10.4. The summed E-state index contributed by atoms with van der Waals surface area (Å²) in [7, 11) is 0. The van der Waals surface area contributed by atoms with Gasteiger partial charge in [-0.3, -0.25) is 4.79 Å². The van der Waals surface area contributed by atoms with Crippen LogP contribution in [0.5, 0.6) is 0 Å². The topological polar surface area (TPSA) is 69.6 Å². The van der Waals surface area contributed by atoms with Gasteiger partial charge in [-0.05, 0) is 31.9 Å². The molecule has 4 heteroatoms. The highest BCUT2D eigenvalue weighted by atomic mass is 16.3. The molecule has 17 heavy (non-hydrogen) atoms. The lowest BCUT2D eigenvalue weighted by Gasteiger charge is -2.26. The van der Waals surface area contributed by atoms with Crippen LogP contribution in [0.4, 0.5) is 0 Å². The first-order valence-corrected chi connectivity index (χ1v) is 5.54. The Morgan fingerprint density at radius 1 is 1.24 bits per heavy atom. The number of rotatable bonds is 4. The minimum atomic E-state index is -0.994. The first-order chi connectivity index (χ1) is 7.93. The zero-order valence-electron chi connectivity index (χ0n) is 10.4. The third-order valence-corrected chi connectivity index (χ3v) is 2.82. The molecular formula is C13H19NO3. The van der Waals surface area contributed by atoms with Gasteiger partial charge in [-0.25, -0.2) is 0 Å². The van der Waals surface area contributed by atoms with Gasteiger partial charge in [0.2, 0.25) is 0 Å². The molecule has 0 unspecified atom stereocenters. The lowest BCUT2D eigenvalue weighted by atomic mass is 9.99. The zero-order chi connectivity index (χ0) is 13.1. The number of carbonyl (C=O) groups is 1. The quantitative estimate of drug-likeness (QED) is 0.724. The van der Waals surface area contributed by atoms with E-state index in [-0.39, 0.29) is 19.1 Å². The van der Waals surface area contributed by atoms with Crippen LogP contribution in [0.25, 0.3) is 0 Å². The van der Waals surface area contributed by atoms with Gasteiger partial charge in [0.25, 0.3) is 5.91 Å². The Kier molecular flexibility index (Phi) is 4.26. The molecule has 0 saturated heterocycles. The van der Waals surface area contributed by atoms with Crippen molar-refractivity contribution in [3.05, 3.63) is 34.9 Å². The van der Waals surface area contributed by atoms with Crippen molar-refractivity contribution in [3.63, 3.8) is 0 Å². The van der Waals surface area contributed by atoms with Crippen molar-refractivity contribution in [1.29, 1.82) is 0 Å². The number of aliphatic hydroxyl groups excluding tert-OH is 2. The van der Waals surface area contributed by atoms with Crippen LogP contribution in [0.1, 0.15) is 28.4 Å². The Balaban J connectivity index is 2.98. The first kappa shape index (κ1) is 13.7. The van der Waals surface area contributed by atoms with Gasteiger partial charge < -0.3 is 15.5 Å². The van der Waals surface area contributed by atoms with Gasteiger partial charge in [0, 0.05) is 5.56 Å². The molecule has 4 nitrogen and oxygen atoms in total. The molecule has 94 valence electrons. The van der Waals surface area contributed by atoms with E-state index in [1.54, 1.807) is 6.92 Å². The van der Waals surface area contributed by atoms with E-state index in [4.69, 9.17) is 10.2 Å². The van der Waals surface area contributed by atoms with E-state index in [1.807, 2.05) is 32.0 Å². The molecule has 0 aliphatic heterocycles. The Bertz CT molecular complexity index is 391. The molecule has 0 aliphatic carbocycles. The van der Waals surface area contributed by atoms with E-state index in [0.29, 0.717) is 5.56 Å². The molecule has 1 aromatic rings. The standard InChI is InChI=1S/C13H19NO3/c1-9-5-4-6-10(2)11(9)12(17)14-13(3,7-15)8-16/h4-6,15-16H,7-8H2,1-3H3,(H,14,17). The van der Waals surface area contributed by atoms with Gasteiger partial charge in [-0.2, -0.15) is 0 Å². The summed E-state index contributed by atoms with van der Waals surface area (Å²) in [5.41, 5.74) is 1.35. The molecule has 0 atom stereocenters. The highest BCUT2D eigenvalue weighted by Crippen LogP contribution is 2.14. The van der Waals surface area contributed by atoms with Crippen molar-refractivity contribution in [3.8, 4) is 0 Å². The first-order valence-electron chi connectivity index (χ1n) is 5.54. The molecule has 0 radical (unpaired) electrons. The average molecular weight is 237 g/mol. The highest BCUT2D eigenvalue weighted by Gasteiger charge is 2.26. The molecule has 0 spiro atoms. The Labute approximate surface area is 101 Å². The smallest absolute Gasteiger partial charge is 0.252 e. The molecule has 0 bridgehead atoms. The molecule has 1 rings (SSSR count). The fraction of sp³-hybridized carbons (Fsp3) is 0.462. The van der Waals surface area contributed by atoms with E-state index in [2.05, 4.69) is 5.32 Å². The summed E-state index contributed by atoms with van der Waals surface area (Å²) in [4.78, 5) is 12.1. The normalized spacial score (nSPS) is 11.4. The number of hydrogen-bond donors (Lipinski definition) is 3. The molecule has 0 aliphatic rings. The second-order valence-electron chi connectivity index (χ2n) is 4.60. The highest BCUT2D eigenvalue weighted by molar-refractivity contribution is 5.97. The van der Waals surface area contributed by atoms with Crippen molar-refractivity contribution in [2.24, 2.45) is 0 Å². The molecule has 1 amide bonds. The minimum absolute atomic E-state index is 0.272. The van der Waals surface area contributed by atoms with Crippen LogP contribution in [-0.4, -0.2) is 34.9 Å². The maximum atomic E-state index is 12.1. The maximum absolute atomic E-state index is 12.1. The summed E-state index contributed by atoms with van der Waals surface area (Å²) >= 11 is 0. The van der Waals surface area contributed by atoms with Crippen LogP contribution >= 0.6 is 0 Å². The summed E-state index contributed by atoms with van der Waals surface area (Å²) in [6.07, 6.45) is 0. The lowest BCUT2D eigenvalue weighted by Crippen LogP contribution is -2.52. The van der Waals surface area contributed by atoms with Crippen LogP contribution in [0.3, 0.4) is 0 Å². The number of hydrogen-bond acceptors (Lipinski definition) is 3. The van der Waals surface area contributed by atoms with Crippen LogP contribution in [0.15, 0.2) is 18.2 Å². The van der Waals surface area contributed by atoms with Crippen LogP contribution in [-0.2, 0) is 0 Å². The van der Waals surface area contributed by atoms with E-state index < -0.39 is 5.54 Å². The number of aryl methyl sites for hydroxylation is 2. The van der Waals surface area contributed by atoms with Crippen LogP contribution < -0.4 is 5.32 Å². The summed E-state index contributed by atoms with van der Waals surface area (Å²) in [5, 5.41) is 20.9. The van der Waals surface area contributed by atoms with Gasteiger partial charge in [0.15, 0.2) is 0 Å². The van der Waals surface area contributed by atoms with Crippen LogP contribution in [0.2, 0.25) is 0 Å². The Morgan fingerprint density at radius 3 is 2.12 bits per heavy atom. The van der Waals surface area contributed by atoms with Gasteiger partial charge in [-0.1, -0.05) is 18.2 Å². The SMILES string of the molecule is Cc1cccc(C)c1C(=O)NC(C)(CO)CO. The molecule has 0 saturated carbocycles. The second kappa shape index (κ2) is 5.29. The molecule has 3 N–H and O–H groups in total. The summed E-state index contributed by atoms with van der Waals surface area (Å²) in [5.74, 6) is -0.272. The average Bonchev–Trinajstić information content (AvgIpc) is 2.28. The van der Waals surface area contributed by atoms with Crippen molar-refractivity contribution in [2.75, 3.05) is 13.2 Å². The number of benzene rings is 1. The predicted octanol–water partition coefficient (Wildman–Crippen LogP) is 0.777. The monoisotopic (exact) mass is 237 g/mol. The fourth-order valence-electron chi connectivity index (χ4n) is 1.64. The van der Waals surface area contributed by atoms with Crippen molar-refractivity contribution < 1.29 is 15.0 Å². The molecule has 1 aromatic carbocycles. The van der Waals surface area contributed by atoms with E-state index in [9.17, 15) is 4.79 Å². The van der Waals surface area contributed by atoms with E-state index >= 15 is 0 Å². The van der Waals surface area contributed by atoms with Gasteiger partial charge >= 0.3 is 0 Å². The molecule has 0 fully saturated rings. The molecule has 0 aromatic heterocycles. The van der Waals surface area contributed by atoms with E-state index in [1.165, 1.54) is 0 Å². The van der Waals surface area contributed by atoms with Gasteiger partial charge in [-0.15, -0.1) is 0 Å². The second-order valence-corrected chi connectivity index (χ2v) is 4.60. The maximum Gasteiger partial charge on any atom is 0.252 e. The summed E-state index contributed by atoms with van der Waals surface area (Å²) < 4.78 is 0. The number of carbonyl (C=O) groups excluding carboxylic acids is 1. The number of amides is 1.